The molecule has 9 nitrogen and oxygen atoms in total. The molecule has 1 heterocycles. The SMILES string of the molecule is Cc1ccccc1CS(=O)(=O)NC(=O)NC(=Cc1ccccc1)C(=O)N(C)c1ccc2c(c1)OCO2. The van der Waals surface area contributed by atoms with Crippen LogP contribution in [0, 0.1) is 6.92 Å². The number of amides is 3. The molecule has 0 fully saturated rings. The van der Waals surface area contributed by atoms with Gasteiger partial charge in [0, 0.05) is 18.8 Å². The number of nitrogens with one attached hydrogen (secondary N) is 2. The number of hydrogen-bond acceptors (Lipinski definition) is 6. The number of aryl methyl sites for hydroxylation is 1. The number of nitrogens with zero attached hydrogens (tertiary/aromatic N) is 1. The number of rotatable bonds is 7. The average molecular weight is 508 g/mol. The minimum Gasteiger partial charge on any atom is -0.454 e. The summed E-state index contributed by atoms with van der Waals surface area (Å²) in [4.78, 5) is 27.4. The molecule has 0 saturated carbocycles. The van der Waals surface area contributed by atoms with E-state index in [4.69, 9.17) is 9.47 Å². The number of fused-ring (bicyclic) bond motifs is 1. The summed E-state index contributed by atoms with van der Waals surface area (Å²) < 4.78 is 37.9. The first-order chi connectivity index (χ1) is 17.2. The first kappa shape index (κ1) is 24.8. The number of benzene rings is 3. The minimum atomic E-state index is -4.02. The first-order valence-corrected chi connectivity index (χ1v) is 12.7. The molecule has 2 N–H and O–H groups in total. The molecule has 0 aliphatic carbocycles. The second-order valence-electron chi connectivity index (χ2n) is 8.11. The van der Waals surface area contributed by atoms with Crippen molar-refractivity contribution >= 4 is 33.7 Å². The van der Waals surface area contributed by atoms with Gasteiger partial charge in [0.05, 0.1) is 5.75 Å². The van der Waals surface area contributed by atoms with Gasteiger partial charge in [-0.2, -0.15) is 0 Å². The predicted molar refractivity (Wildman–Crippen MR) is 136 cm³/mol. The van der Waals surface area contributed by atoms with E-state index < -0.39 is 22.0 Å². The van der Waals surface area contributed by atoms with Crippen LogP contribution in [0.15, 0.2) is 78.5 Å². The molecule has 186 valence electrons. The molecule has 0 unspecified atom stereocenters. The van der Waals surface area contributed by atoms with E-state index in [1.807, 2.05) is 10.8 Å². The molecule has 1 aliphatic heterocycles. The lowest BCUT2D eigenvalue weighted by atomic mass is 10.1. The Balaban J connectivity index is 1.54. The van der Waals surface area contributed by atoms with E-state index in [2.05, 4.69) is 5.32 Å². The van der Waals surface area contributed by atoms with Crippen molar-refractivity contribution in [1.29, 1.82) is 0 Å². The van der Waals surface area contributed by atoms with Crippen LogP contribution < -0.4 is 24.4 Å². The fourth-order valence-electron chi connectivity index (χ4n) is 3.56. The molecular formula is C26H25N3O6S. The lowest BCUT2D eigenvalue weighted by Crippen LogP contribution is -2.43. The highest BCUT2D eigenvalue weighted by atomic mass is 32.2. The van der Waals surface area contributed by atoms with Crippen molar-refractivity contribution in [2.24, 2.45) is 0 Å². The van der Waals surface area contributed by atoms with Crippen LogP contribution in [0.5, 0.6) is 11.5 Å². The zero-order chi connectivity index (χ0) is 25.7. The van der Waals surface area contributed by atoms with Gasteiger partial charge in [0.15, 0.2) is 11.5 Å². The van der Waals surface area contributed by atoms with Crippen molar-refractivity contribution in [3.05, 3.63) is 95.2 Å². The molecule has 0 spiro atoms. The van der Waals surface area contributed by atoms with Gasteiger partial charge in [0.1, 0.15) is 5.70 Å². The lowest BCUT2D eigenvalue weighted by Gasteiger charge is -2.20. The third-order valence-corrected chi connectivity index (χ3v) is 6.68. The predicted octanol–water partition coefficient (Wildman–Crippen LogP) is 3.56. The largest absolute Gasteiger partial charge is 0.454 e. The number of anilines is 1. The summed E-state index contributed by atoms with van der Waals surface area (Å²) in [7, 11) is -2.49. The van der Waals surface area contributed by atoms with Gasteiger partial charge in [-0.3, -0.25) is 4.79 Å². The summed E-state index contributed by atoms with van der Waals surface area (Å²) >= 11 is 0. The fourth-order valence-corrected chi connectivity index (χ4v) is 4.70. The number of urea groups is 1. The van der Waals surface area contributed by atoms with Gasteiger partial charge >= 0.3 is 6.03 Å². The van der Waals surface area contributed by atoms with Crippen molar-refractivity contribution in [1.82, 2.24) is 10.0 Å². The second kappa shape index (κ2) is 10.5. The number of hydrogen-bond donors (Lipinski definition) is 2. The maximum absolute atomic E-state index is 13.4. The van der Waals surface area contributed by atoms with Gasteiger partial charge < -0.3 is 19.7 Å². The molecule has 36 heavy (non-hydrogen) atoms. The Hall–Kier alpha value is -4.31. The number of likely N-dealkylation sites (N-methyl/N-ethyl adjacent to an activating group) is 1. The maximum atomic E-state index is 13.4. The van der Waals surface area contributed by atoms with Crippen LogP contribution in [0.2, 0.25) is 0 Å². The molecule has 0 atom stereocenters. The third-order valence-electron chi connectivity index (χ3n) is 5.49. The summed E-state index contributed by atoms with van der Waals surface area (Å²) in [6, 6.07) is 19.8. The van der Waals surface area contributed by atoms with Crippen LogP contribution in [0.3, 0.4) is 0 Å². The average Bonchev–Trinajstić information content (AvgIpc) is 3.32. The van der Waals surface area contributed by atoms with Gasteiger partial charge in [-0.05, 0) is 41.8 Å². The normalized spacial score (nSPS) is 12.7. The van der Waals surface area contributed by atoms with Gasteiger partial charge in [-0.25, -0.2) is 17.9 Å². The maximum Gasteiger partial charge on any atom is 0.333 e. The van der Waals surface area contributed by atoms with Crippen LogP contribution in [0.4, 0.5) is 10.5 Å². The summed E-state index contributed by atoms with van der Waals surface area (Å²) in [6.07, 6.45) is 1.47. The Bertz CT molecular complexity index is 1420. The zero-order valence-corrected chi connectivity index (χ0v) is 20.5. The Morgan fingerprint density at radius 2 is 1.67 bits per heavy atom. The van der Waals surface area contributed by atoms with Crippen LogP contribution in [0.25, 0.3) is 6.08 Å². The lowest BCUT2D eigenvalue weighted by molar-refractivity contribution is -0.115. The highest BCUT2D eigenvalue weighted by Gasteiger charge is 2.23. The van der Waals surface area contributed by atoms with Crippen molar-refractivity contribution in [2.45, 2.75) is 12.7 Å². The Morgan fingerprint density at radius 1 is 0.972 bits per heavy atom. The molecule has 0 aromatic heterocycles. The second-order valence-corrected chi connectivity index (χ2v) is 9.83. The summed E-state index contributed by atoms with van der Waals surface area (Å²) in [5.74, 6) is 0.115. The summed E-state index contributed by atoms with van der Waals surface area (Å²) in [5, 5.41) is 2.41. The topological polar surface area (TPSA) is 114 Å². The van der Waals surface area contributed by atoms with Crippen LogP contribution in [-0.4, -0.2) is 34.2 Å². The highest BCUT2D eigenvalue weighted by molar-refractivity contribution is 7.89. The van der Waals surface area contributed by atoms with E-state index in [0.717, 1.165) is 5.56 Å². The summed E-state index contributed by atoms with van der Waals surface area (Å²) in [6.45, 7) is 1.88. The monoisotopic (exact) mass is 507 g/mol. The van der Waals surface area contributed by atoms with Gasteiger partial charge in [0.25, 0.3) is 5.91 Å². The molecule has 0 bridgehead atoms. The van der Waals surface area contributed by atoms with E-state index in [-0.39, 0.29) is 18.2 Å². The molecule has 0 saturated heterocycles. The smallest absolute Gasteiger partial charge is 0.333 e. The van der Waals surface area contributed by atoms with Crippen LogP contribution in [0.1, 0.15) is 16.7 Å². The molecule has 3 aromatic carbocycles. The number of ether oxygens (including phenoxy) is 2. The van der Waals surface area contributed by atoms with Crippen LogP contribution >= 0.6 is 0 Å². The number of carbonyl (C=O) groups excluding carboxylic acids is 2. The highest BCUT2D eigenvalue weighted by Crippen LogP contribution is 2.35. The van der Waals surface area contributed by atoms with Gasteiger partial charge in [-0.15, -0.1) is 0 Å². The van der Waals surface area contributed by atoms with E-state index >= 15 is 0 Å². The van der Waals surface area contributed by atoms with Crippen molar-refractivity contribution in [2.75, 3.05) is 18.7 Å². The van der Waals surface area contributed by atoms with Crippen molar-refractivity contribution in [3.63, 3.8) is 0 Å². The molecule has 1 aliphatic rings. The first-order valence-electron chi connectivity index (χ1n) is 11.0. The molecule has 3 amide bonds. The minimum absolute atomic E-state index is 0.0916. The molecular weight excluding hydrogens is 482 g/mol. The summed E-state index contributed by atoms with van der Waals surface area (Å²) in [5.41, 5.74) is 2.37. The Labute approximate surface area is 209 Å². The Morgan fingerprint density at radius 3 is 2.42 bits per heavy atom. The van der Waals surface area contributed by atoms with Gasteiger partial charge in [0.2, 0.25) is 16.8 Å². The molecule has 3 aromatic rings. The fraction of sp³-hybridized carbons (Fsp3) is 0.154. The molecule has 0 radical (unpaired) electrons. The van der Waals surface area contributed by atoms with Crippen molar-refractivity contribution < 1.29 is 27.5 Å². The molecule has 10 heteroatoms. The van der Waals surface area contributed by atoms with E-state index in [1.54, 1.807) is 73.7 Å². The van der Waals surface area contributed by atoms with Crippen LogP contribution in [-0.2, 0) is 20.6 Å². The van der Waals surface area contributed by atoms with Gasteiger partial charge in [-0.1, -0.05) is 54.6 Å². The zero-order valence-electron chi connectivity index (χ0n) is 19.7. The van der Waals surface area contributed by atoms with E-state index in [0.29, 0.717) is 28.3 Å². The quantitative estimate of drug-likeness (QED) is 0.473. The number of carbonyl (C=O) groups is 2. The standard InChI is InChI=1S/C26H25N3O6S/c1-18-8-6-7-11-20(18)16-36(32,33)28-26(31)27-22(14-19-9-4-3-5-10-19)25(30)29(2)21-12-13-23-24(15-21)35-17-34-23/h3-15H,16-17H2,1-2H3,(H2,27,28,31). The Kier molecular flexibility index (Phi) is 7.25. The molecule has 4 rings (SSSR count). The van der Waals surface area contributed by atoms with E-state index in [9.17, 15) is 18.0 Å². The number of sulfonamides is 1. The van der Waals surface area contributed by atoms with E-state index in [1.165, 1.54) is 18.0 Å². The van der Waals surface area contributed by atoms with Crippen molar-refractivity contribution in [3.8, 4) is 11.5 Å². The third kappa shape index (κ3) is 6.02.